The van der Waals surface area contributed by atoms with E-state index in [4.69, 9.17) is 4.74 Å². The number of nitrogens with zero attached hydrogens (tertiary/aromatic N) is 1. The van der Waals surface area contributed by atoms with Crippen LogP contribution < -0.4 is 5.32 Å². The first kappa shape index (κ1) is 28.8. The summed E-state index contributed by atoms with van der Waals surface area (Å²) in [6.07, 6.45) is 21.0. The normalized spacial score (nSPS) is 34.1. The van der Waals surface area contributed by atoms with Gasteiger partial charge in [0.1, 0.15) is 6.10 Å². The number of carbonyl (C=O) groups is 1. The molecule has 0 bridgehead atoms. The van der Waals surface area contributed by atoms with Crippen LogP contribution in [0.5, 0.6) is 0 Å². The van der Waals surface area contributed by atoms with Crippen molar-refractivity contribution in [1.82, 2.24) is 5.32 Å². The van der Waals surface area contributed by atoms with Crippen molar-refractivity contribution < 1.29 is 19.7 Å². The summed E-state index contributed by atoms with van der Waals surface area (Å²) in [6.45, 7) is 6.03. The molecule has 6 heteroatoms. The van der Waals surface area contributed by atoms with Gasteiger partial charge >= 0.3 is 0 Å². The summed E-state index contributed by atoms with van der Waals surface area (Å²) in [4.78, 5) is 16.4. The molecule has 0 saturated heterocycles. The largest absolute Gasteiger partial charge is 0.386 e. The molecule has 3 N–H and O–H groups in total. The van der Waals surface area contributed by atoms with Crippen LogP contribution in [0.25, 0.3) is 0 Å². The highest BCUT2D eigenvalue weighted by molar-refractivity contribution is 5.88. The minimum absolute atomic E-state index is 0.0923. The number of aliphatic hydroxyl groups is 2. The van der Waals surface area contributed by atoms with E-state index in [0.717, 1.165) is 44.1 Å². The van der Waals surface area contributed by atoms with E-state index in [0.29, 0.717) is 0 Å². The summed E-state index contributed by atoms with van der Waals surface area (Å²) >= 11 is 0. The molecule has 1 heterocycles. The van der Waals surface area contributed by atoms with Crippen molar-refractivity contribution in [2.75, 3.05) is 7.11 Å². The first-order valence-corrected chi connectivity index (χ1v) is 11.9. The Morgan fingerprint density at radius 2 is 2.00 bits per heavy atom. The van der Waals surface area contributed by atoms with Gasteiger partial charge in [-0.25, -0.2) is 0 Å². The van der Waals surface area contributed by atoms with E-state index in [1.165, 1.54) is 19.4 Å². The molecule has 0 aromatic carbocycles. The highest BCUT2D eigenvalue weighted by atomic mass is 16.5. The van der Waals surface area contributed by atoms with Crippen LogP contribution in [0.2, 0.25) is 0 Å². The summed E-state index contributed by atoms with van der Waals surface area (Å²) in [7, 11) is 1.49. The standard InChI is InChI=1S/C27H42N2O4/c1-5-6-7-8-17-23-18-11-9-14-21(2)15-13-20-28-27(32)25(31)26(33-4)22(3)16-10-12-19-24(30)29-23/h7-8,10,12-16,19-20,22-23,25-27,31-32H,5-6,9,11,17-18H2,1-4H3,(H,29,30)/b8-7+,15-13+,16-10+,19-12+,21-14+,28-20-. The van der Waals surface area contributed by atoms with Crippen molar-refractivity contribution in [3.05, 3.63) is 60.3 Å². The zero-order valence-corrected chi connectivity index (χ0v) is 20.6. The molecule has 0 aliphatic carbocycles. The van der Waals surface area contributed by atoms with Crippen LogP contribution in [0.1, 0.15) is 59.3 Å². The summed E-state index contributed by atoms with van der Waals surface area (Å²) in [6, 6.07) is 0.0923. The summed E-state index contributed by atoms with van der Waals surface area (Å²) in [5.74, 6) is -0.330. The van der Waals surface area contributed by atoms with Crippen LogP contribution in [0.4, 0.5) is 0 Å². The van der Waals surface area contributed by atoms with Crippen LogP contribution >= 0.6 is 0 Å². The number of rotatable bonds is 5. The number of amides is 1. The van der Waals surface area contributed by atoms with E-state index < -0.39 is 18.4 Å². The van der Waals surface area contributed by atoms with Crippen LogP contribution in [0.3, 0.4) is 0 Å². The summed E-state index contributed by atoms with van der Waals surface area (Å²) < 4.78 is 5.39. The smallest absolute Gasteiger partial charge is 0.244 e. The molecule has 0 fully saturated rings. The lowest BCUT2D eigenvalue weighted by Gasteiger charge is -2.27. The summed E-state index contributed by atoms with van der Waals surface area (Å²) in [5.41, 5.74) is 1.09. The van der Waals surface area contributed by atoms with Crippen molar-refractivity contribution in [1.29, 1.82) is 0 Å². The third-order valence-electron chi connectivity index (χ3n) is 5.50. The van der Waals surface area contributed by atoms with Crippen molar-refractivity contribution in [3.8, 4) is 0 Å². The lowest BCUT2D eigenvalue weighted by atomic mass is 9.98. The van der Waals surface area contributed by atoms with E-state index in [1.807, 2.05) is 26.0 Å². The number of nitrogens with one attached hydrogen (secondary N) is 1. The lowest BCUT2D eigenvalue weighted by molar-refractivity contribution is -0.117. The fourth-order valence-electron chi connectivity index (χ4n) is 3.55. The van der Waals surface area contributed by atoms with Crippen LogP contribution in [0, 0.1) is 5.92 Å². The van der Waals surface area contributed by atoms with Crippen molar-refractivity contribution in [2.45, 2.75) is 83.8 Å². The zero-order chi connectivity index (χ0) is 24.5. The van der Waals surface area contributed by atoms with Gasteiger partial charge in [0.05, 0.1) is 6.10 Å². The Kier molecular flexibility index (Phi) is 15.0. The minimum Gasteiger partial charge on any atom is -0.386 e. The van der Waals surface area contributed by atoms with Crippen LogP contribution in [-0.2, 0) is 9.53 Å². The number of carbonyl (C=O) groups excluding carboxylic acids is 1. The van der Waals surface area contributed by atoms with Gasteiger partial charge in [-0.2, -0.15) is 0 Å². The molecule has 1 amide bonds. The average molecular weight is 459 g/mol. The van der Waals surface area contributed by atoms with Crippen molar-refractivity contribution in [2.24, 2.45) is 10.9 Å². The third-order valence-corrected chi connectivity index (χ3v) is 5.50. The number of aliphatic hydroxyl groups excluding tert-OH is 2. The monoisotopic (exact) mass is 458 g/mol. The molecule has 5 atom stereocenters. The maximum Gasteiger partial charge on any atom is 0.244 e. The highest BCUT2D eigenvalue weighted by Gasteiger charge is 2.29. The second kappa shape index (κ2) is 17.2. The van der Waals surface area contributed by atoms with Gasteiger partial charge in [0.25, 0.3) is 0 Å². The van der Waals surface area contributed by atoms with Gasteiger partial charge in [0, 0.05) is 31.4 Å². The molecule has 0 aromatic heterocycles. The Bertz CT molecular complexity index is 736. The van der Waals surface area contributed by atoms with E-state index in [9.17, 15) is 15.0 Å². The molecule has 1 aliphatic heterocycles. The fourth-order valence-corrected chi connectivity index (χ4v) is 3.55. The number of methoxy groups -OCH3 is 1. The molecule has 1 aliphatic rings. The van der Waals surface area contributed by atoms with Crippen molar-refractivity contribution in [3.63, 3.8) is 0 Å². The van der Waals surface area contributed by atoms with Crippen LogP contribution in [-0.4, -0.2) is 53.9 Å². The van der Waals surface area contributed by atoms with Gasteiger partial charge in [-0.05, 0) is 45.1 Å². The molecule has 5 unspecified atom stereocenters. The number of ether oxygens (including phenoxy) is 1. The number of hydrogen-bond donors (Lipinski definition) is 3. The van der Waals surface area contributed by atoms with Crippen LogP contribution in [0.15, 0.2) is 65.2 Å². The number of hydrogen-bond acceptors (Lipinski definition) is 5. The van der Waals surface area contributed by atoms with Gasteiger partial charge in [0.2, 0.25) is 5.91 Å². The lowest BCUT2D eigenvalue weighted by Crippen LogP contribution is -2.41. The Labute approximate surface area is 199 Å². The zero-order valence-electron chi connectivity index (χ0n) is 20.6. The molecule has 0 spiro atoms. The molecule has 0 radical (unpaired) electrons. The first-order valence-electron chi connectivity index (χ1n) is 11.9. The number of allylic oxidation sites excluding steroid dienone is 7. The second-order valence-corrected chi connectivity index (χ2v) is 8.45. The van der Waals surface area contributed by atoms with Gasteiger partial charge < -0.3 is 20.3 Å². The fraction of sp³-hybridized carbons (Fsp3) is 0.556. The molecule has 0 aromatic rings. The predicted molar refractivity (Wildman–Crippen MR) is 136 cm³/mol. The van der Waals surface area contributed by atoms with E-state index in [1.54, 1.807) is 18.2 Å². The Hall–Kier alpha value is -2.28. The molecular weight excluding hydrogens is 416 g/mol. The Morgan fingerprint density at radius 1 is 1.21 bits per heavy atom. The SMILES string of the molecule is CCC/C=C/CC1CCC/C=C(C)/C=C/C=N\C(O)C(O)C(OC)C(C)/C=C/C=C/C(=O)N1. The van der Waals surface area contributed by atoms with E-state index in [2.05, 4.69) is 35.5 Å². The molecule has 33 heavy (non-hydrogen) atoms. The van der Waals surface area contributed by atoms with Crippen molar-refractivity contribution >= 4 is 12.1 Å². The number of aliphatic imine (C=N–C) groups is 1. The minimum atomic E-state index is -1.30. The number of unbranched alkanes of at least 4 members (excludes halogenated alkanes) is 1. The third kappa shape index (κ3) is 12.5. The topological polar surface area (TPSA) is 91.2 Å². The molecule has 1 rings (SSSR count). The Balaban J connectivity index is 3.00. The van der Waals surface area contributed by atoms with Gasteiger partial charge in [-0.3, -0.25) is 9.79 Å². The molecule has 6 nitrogen and oxygen atoms in total. The maximum absolute atomic E-state index is 12.4. The maximum atomic E-state index is 12.4. The van der Waals surface area contributed by atoms with Gasteiger partial charge in [-0.15, -0.1) is 0 Å². The Morgan fingerprint density at radius 3 is 2.73 bits per heavy atom. The predicted octanol–water partition coefficient (Wildman–Crippen LogP) is 4.42. The van der Waals surface area contributed by atoms with Gasteiger partial charge in [-0.1, -0.05) is 68.4 Å². The molecule has 184 valence electrons. The highest BCUT2D eigenvalue weighted by Crippen LogP contribution is 2.16. The quantitative estimate of drug-likeness (QED) is 0.532. The van der Waals surface area contributed by atoms with E-state index >= 15 is 0 Å². The van der Waals surface area contributed by atoms with E-state index in [-0.39, 0.29) is 17.9 Å². The first-order chi connectivity index (χ1) is 15.9. The summed E-state index contributed by atoms with van der Waals surface area (Å²) in [5, 5.41) is 23.8. The molecule has 0 saturated carbocycles. The average Bonchev–Trinajstić information content (AvgIpc) is 2.79. The second-order valence-electron chi connectivity index (χ2n) is 8.45. The molecular formula is C27H42N2O4. The van der Waals surface area contributed by atoms with Gasteiger partial charge in [0.15, 0.2) is 6.23 Å².